The third-order valence-corrected chi connectivity index (χ3v) is 9.57. The molecule has 1 saturated heterocycles. The van der Waals surface area contributed by atoms with Crippen LogP contribution in [0, 0.1) is 0 Å². The summed E-state index contributed by atoms with van der Waals surface area (Å²) in [6.07, 6.45) is 26.3. The Morgan fingerprint density at radius 2 is 0.778 bits per heavy atom. The molecular weight excluding hydrogens is 559 g/mol. The number of benzene rings is 1. The highest BCUT2D eigenvalue weighted by Crippen LogP contribution is 2.40. The van der Waals surface area contributed by atoms with Crippen LogP contribution in [0.3, 0.4) is 0 Å². The number of rotatable bonds is 28. The van der Waals surface area contributed by atoms with Gasteiger partial charge in [0.15, 0.2) is 11.5 Å². The fourth-order valence-electron chi connectivity index (χ4n) is 5.78. The minimum atomic E-state index is -0.478. The van der Waals surface area contributed by atoms with Gasteiger partial charge in [0.1, 0.15) is 0 Å². The van der Waals surface area contributed by atoms with Crippen molar-refractivity contribution in [3.05, 3.63) is 12.1 Å². The standard InChI is InChI=1S/C39H71BO5/c1-8-11-14-17-20-23-26-29-41-35-32-34(40-44-38(4,5)39(6,7)45-40)33-36(42-30-27-24-21-18-15-12-9-2)37(35)43-31-28-25-22-19-16-13-10-3/h32-33H,8-31H2,1-7H3. The number of hydrogen-bond acceptors (Lipinski definition) is 5. The van der Waals surface area contributed by atoms with Crippen LogP contribution in [0.4, 0.5) is 0 Å². The quantitative estimate of drug-likeness (QED) is 0.0681. The minimum Gasteiger partial charge on any atom is -0.490 e. The van der Waals surface area contributed by atoms with Gasteiger partial charge < -0.3 is 23.5 Å². The first-order chi connectivity index (χ1) is 21.8. The van der Waals surface area contributed by atoms with Gasteiger partial charge in [-0.15, -0.1) is 0 Å². The first-order valence-electron chi connectivity index (χ1n) is 19.2. The fourth-order valence-corrected chi connectivity index (χ4v) is 5.78. The Hall–Kier alpha value is -1.40. The van der Waals surface area contributed by atoms with E-state index in [-0.39, 0.29) is 0 Å². The van der Waals surface area contributed by atoms with Crippen LogP contribution in [0.1, 0.15) is 183 Å². The molecule has 0 aliphatic carbocycles. The van der Waals surface area contributed by atoms with Gasteiger partial charge in [0, 0.05) is 0 Å². The largest absolute Gasteiger partial charge is 0.495 e. The lowest BCUT2D eigenvalue weighted by Crippen LogP contribution is -2.41. The average Bonchev–Trinajstić information content (AvgIpc) is 3.23. The van der Waals surface area contributed by atoms with E-state index in [4.69, 9.17) is 23.5 Å². The van der Waals surface area contributed by atoms with Gasteiger partial charge in [-0.05, 0) is 64.6 Å². The summed E-state index contributed by atoms with van der Waals surface area (Å²) in [6, 6.07) is 4.15. The van der Waals surface area contributed by atoms with Crippen LogP contribution in [-0.2, 0) is 9.31 Å². The lowest BCUT2D eigenvalue weighted by atomic mass is 9.78. The maximum absolute atomic E-state index is 6.51. The molecule has 0 amide bonds. The second kappa shape index (κ2) is 23.0. The van der Waals surface area contributed by atoms with E-state index in [1.165, 1.54) is 116 Å². The Bertz CT molecular complexity index is 829. The molecule has 1 fully saturated rings. The number of unbranched alkanes of at least 4 members (excludes halogenated alkanes) is 18. The van der Waals surface area contributed by atoms with Crippen molar-refractivity contribution in [1.82, 2.24) is 0 Å². The van der Waals surface area contributed by atoms with Crippen molar-refractivity contribution >= 4 is 12.6 Å². The van der Waals surface area contributed by atoms with Crippen LogP contribution in [0.15, 0.2) is 12.1 Å². The zero-order valence-electron chi connectivity index (χ0n) is 30.7. The van der Waals surface area contributed by atoms with Gasteiger partial charge in [0.25, 0.3) is 0 Å². The molecule has 2 rings (SSSR count). The Kier molecular flexibility index (Phi) is 20.3. The summed E-state index contributed by atoms with van der Waals surface area (Å²) in [7, 11) is -0.478. The van der Waals surface area contributed by atoms with Crippen LogP contribution in [-0.4, -0.2) is 38.1 Å². The molecule has 0 spiro atoms. The second-order valence-electron chi connectivity index (χ2n) is 14.3. The summed E-state index contributed by atoms with van der Waals surface area (Å²) in [5.41, 5.74) is 0.101. The van der Waals surface area contributed by atoms with Gasteiger partial charge in [0.05, 0.1) is 31.0 Å². The number of hydrogen-bond donors (Lipinski definition) is 0. The topological polar surface area (TPSA) is 46.2 Å². The van der Waals surface area contributed by atoms with E-state index in [0.717, 1.165) is 42.0 Å². The Balaban J connectivity index is 2.15. The third-order valence-electron chi connectivity index (χ3n) is 9.57. The molecule has 1 heterocycles. The zero-order chi connectivity index (χ0) is 32.8. The van der Waals surface area contributed by atoms with E-state index < -0.39 is 18.3 Å². The van der Waals surface area contributed by atoms with Gasteiger partial charge in [-0.3, -0.25) is 0 Å². The van der Waals surface area contributed by atoms with E-state index in [1.54, 1.807) is 0 Å². The molecule has 260 valence electrons. The molecule has 1 aromatic rings. The van der Waals surface area contributed by atoms with Crippen molar-refractivity contribution in [3.8, 4) is 17.2 Å². The van der Waals surface area contributed by atoms with Crippen molar-refractivity contribution in [3.63, 3.8) is 0 Å². The summed E-state index contributed by atoms with van der Waals surface area (Å²) in [5, 5.41) is 0. The van der Waals surface area contributed by atoms with Crippen molar-refractivity contribution in [2.75, 3.05) is 19.8 Å². The van der Waals surface area contributed by atoms with Gasteiger partial charge in [-0.25, -0.2) is 0 Å². The van der Waals surface area contributed by atoms with Gasteiger partial charge in [-0.1, -0.05) is 136 Å². The fraction of sp³-hybridized carbons (Fsp3) is 0.846. The smallest absolute Gasteiger partial charge is 0.490 e. The van der Waals surface area contributed by atoms with E-state index in [2.05, 4.69) is 60.6 Å². The predicted octanol–water partition coefficient (Wildman–Crippen LogP) is 11.4. The third kappa shape index (κ3) is 15.4. The van der Waals surface area contributed by atoms with Crippen LogP contribution in [0.25, 0.3) is 0 Å². The molecule has 1 aliphatic heterocycles. The normalized spacial score (nSPS) is 15.5. The maximum atomic E-state index is 6.51. The first-order valence-corrected chi connectivity index (χ1v) is 19.2. The van der Waals surface area contributed by atoms with E-state index in [0.29, 0.717) is 19.8 Å². The SMILES string of the molecule is CCCCCCCCCOc1cc(B2OC(C)(C)C(C)(C)O2)cc(OCCCCCCCCC)c1OCCCCCCCCC. The Labute approximate surface area is 279 Å². The van der Waals surface area contributed by atoms with Crippen molar-refractivity contribution in [2.24, 2.45) is 0 Å². The van der Waals surface area contributed by atoms with Gasteiger partial charge in [-0.2, -0.15) is 0 Å². The van der Waals surface area contributed by atoms with Gasteiger partial charge in [0.2, 0.25) is 5.75 Å². The molecule has 0 unspecified atom stereocenters. The van der Waals surface area contributed by atoms with Crippen molar-refractivity contribution < 1.29 is 23.5 Å². The minimum absolute atomic E-state index is 0.415. The van der Waals surface area contributed by atoms with Crippen LogP contribution in [0.2, 0.25) is 0 Å². The average molecular weight is 631 g/mol. The summed E-state index contributed by atoms with van der Waals surface area (Å²) in [4.78, 5) is 0. The summed E-state index contributed by atoms with van der Waals surface area (Å²) >= 11 is 0. The maximum Gasteiger partial charge on any atom is 0.495 e. The van der Waals surface area contributed by atoms with Crippen LogP contribution in [0.5, 0.6) is 17.2 Å². The van der Waals surface area contributed by atoms with Crippen molar-refractivity contribution in [1.29, 1.82) is 0 Å². The van der Waals surface area contributed by atoms with E-state index in [1.807, 2.05) is 0 Å². The highest BCUT2D eigenvalue weighted by Gasteiger charge is 2.52. The Morgan fingerprint density at radius 1 is 0.467 bits per heavy atom. The summed E-state index contributed by atoms with van der Waals surface area (Å²) in [6.45, 7) is 17.2. The molecule has 0 saturated carbocycles. The van der Waals surface area contributed by atoms with E-state index >= 15 is 0 Å². The molecule has 0 atom stereocenters. The van der Waals surface area contributed by atoms with Crippen LogP contribution < -0.4 is 19.7 Å². The molecule has 0 radical (unpaired) electrons. The lowest BCUT2D eigenvalue weighted by Gasteiger charge is -2.32. The summed E-state index contributed by atoms with van der Waals surface area (Å²) in [5.74, 6) is 2.25. The molecule has 1 aliphatic rings. The monoisotopic (exact) mass is 631 g/mol. The molecule has 45 heavy (non-hydrogen) atoms. The summed E-state index contributed by atoms with van der Waals surface area (Å²) < 4.78 is 32.4. The van der Waals surface area contributed by atoms with E-state index in [9.17, 15) is 0 Å². The lowest BCUT2D eigenvalue weighted by molar-refractivity contribution is 0.00578. The second-order valence-corrected chi connectivity index (χ2v) is 14.3. The van der Waals surface area contributed by atoms with Crippen molar-refractivity contribution in [2.45, 2.75) is 195 Å². The number of ether oxygens (including phenoxy) is 3. The molecule has 0 bridgehead atoms. The molecule has 0 aromatic heterocycles. The molecule has 6 heteroatoms. The molecular formula is C39H71BO5. The first kappa shape index (κ1) is 39.8. The zero-order valence-corrected chi connectivity index (χ0v) is 30.7. The predicted molar refractivity (Wildman–Crippen MR) is 193 cm³/mol. The van der Waals surface area contributed by atoms with Crippen LogP contribution >= 0.6 is 0 Å². The molecule has 5 nitrogen and oxygen atoms in total. The Morgan fingerprint density at radius 3 is 1.13 bits per heavy atom. The highest BCUT2D eigenvalue weighted by atomic mass is 16.7. The van der Waals surface area contributed by atoms with Gasteiger partial charge >= 0.3 is 7.12 Å². The highest BCUT2D eigenvalue weighted by molar-refractivity contribution is 6.62. The molecule has 0 N–H and O–H groups in total. The molecule has 1 aromatic carbocycles.